The van der Waals surface area contributed by atoms with Gasteiger partial charge in [-0.05, 0) is 62.5 Å². The molecule has 0 aliphatic carbocycles. The Morgan fingerprint density at radius 3 is 1.53 bits per heavy atom. The van der Waals surface area contributed by atoms with E-state index in [-0.39, 0.29) is 19.3 Å². The van der Waals surface area contributed by atoms with E-state index in [1.165, 1.54) is 56.1 Å². The number of nitrogens with one attached hydrogen (secondary N) is 1. The summed E-state index contributed by atoms with van der Waals surface area (Å²) >= 11 is 0. The normalized spacial score (nSPS) is 19.0. The monoisotopic (exact) mass is 946 g/mol. The van der Waals surface area contributed by atoms with Crippen molar-refractivity contribution in [3.63, 3.8) is 0 Å². The number of hydrogen-bond acceptors (Lipinski definition) is 11. The molecule has 0 aromatic heterocycles. The molecule has 3 rings (SSSR count). The fraction of sp³-hybridized carbons (Fsp3) is 0.712. The van der Waals surface area contributed by atoms with Crippen molar-refractivity contribution in [3.8, 4) is 0 Å². The summed E-state index contributed by atoms with van der Waals surface area (Å²) < 4.78 is 55.5. The van der Waals surface area contributed by atoms with Crippen molar-refractivity contribution in [1.82, 2.24) is 5.32 Å². The number of rotatable bonds is 38. The first-order valence-corrected chi connectivity index (χ1v) is 26.7. The van der Waals surface area contributed by atoms with Crippen molar-refractivity contribution in [3.05, 3.63) is 71.8 Å². The van der Waals surface area contributed by atoms with Crippen molar-refractivity contribution in [2.24, 2.45) is 0 Å². The number of carbonyl (C=O) groups is 3. The van der Waals surface area contributed by atoms with Gasteiger partial charge in [-0.15, -0.1) is 0 Å². The summed E-state index contributed by atoms with van der Waals surface area (Å²) in [5.74, 6) is -2.08. The Morgan fingerprint density at radius 2 is 1.06 bits per heavy atom. The third-order valence-corrected chi connectivity index (χ3v) is 12.9. The van der Waals surface area contributed by atoms with Gasteiger partial charge in [-0.1, -0.05) is 190 Å². The molecule has 1 aliphatic heterocycles. The molecule has 13 nitrogen and oxygen atoms in total. The van der Waals surface area contributed by atoms with Crippen LogP contribution in [-0.4, -0.2) is 84.4 Å². The van der Waals surface area contributed by atoms with Crippen LogP contribution in [0.5, 0.6) is 0 Å². The highest BCUT2D eigenvalue weighted by Crippen LogP contribution is 2.28. The summed E-state index contributed by atoms with van der Waals surface area (Å²) in [5.41, 5.74) is 2.62. The van der Waals surface area contributed by atoms with Gasteiger partial charge in [-0.2, -0.15) is 8.42 Å². The van der Waals surface area contributed by atoms with Crippen LogP contribution >= 0.6 is 0 Å². The highest BCUT2D eigenvalue weighted by Gasteiger charge is 2.51. The number of aryl methyl sites for hydroxylation is 2. The van der Waals surface area contributed by atoms with Gasteiger partial charge in [-0.25, -0.2) is 4.18 Å². The molecule has 1 saturated heterocycles. The first kappa shape index (κ1) is 56.9. The van der Waals surface area contributed by atoms with Crippen LogP contribution in [-0.2, 0) is 56.0 Å². The van der Waals surface area contributed by atoms with Gasteiger partial charge in [0.25, 0.3) is 5.91 Å². The van der Waals surface area contributed by atoms with Crippen LogP contribution in [0.4, 0.5) is 0 Å². The van der Waals surface area contributed by atoms with Crippen LogP contribution in [0.2, 0.25) is 0 Å². The molecular formula is C52H83NO12S. The highest BCUT2D eigenvalue weighted by atomic mass is 32.3. The minimum absolute atomic E-state index is 0.0482. The second-order valence-electron chi connectivity index (χ2n) is 18.1. The fourth-order valence-electron chi connectivity index (χ4n) is 8.62. The Hall–Kier alpha value is -3.40. The molecule has 2 aromatic rings. The number of unbranched alkanes of at least 4 members (excludes halogenated alkanes) is 21. The topological polar surface area (TPSA) is 195 Å². The molecule has 1 amide bonds. The number of esters is 2. The van der Waals surface area contributed by atoms with Crippen molar-refractivity contribution >= 4 is 28.2 Å². The van der Waals surface area contributed by atoms with Gasteiger partial charge in [0, 0.05) is 12.8 Å². The Morgan fingerprint density at radius 1 is 0.621 bits per heavy atom. The van der Waals surface area contributed by atoms with Crippen LogP contribution in [0.1, 0.15) is 191 Å². The number of aliphatic hydroxyl groups is 2. The van der Waals surface area contributed by atoms with Gasteiger partial charge in [0.1, 0.15) is 18.2 Å². The Bertz CT molecular complexity index is 1680. The van der Waals surface area contributed by atoms with Gasteiger partial charge in [0.2, 0.25) is 0 Å². The smallest absolute Gasteiger partial charge is 0.397 e. The van der Waals surface area contributed by atoms with Gasteiger partial charge < -0.3 is 29.7 Å². The number of aliphatic hydroxyl groups excluding tert-OH is 2. The molecule has 0 spiro atoms. The minimum atomic E-state index is -5.19. The lowest BCUT2D eigenvalue weighted by atomic mass is 9.96. The average Bonchev–Trinajstić information content (AvgIpc) is 3.30. The first-order valence-electron chi connectivity index (χ1n) is 25.4. The number of carbonyl (C=O) groups excluding carboxylic acids is 3. The summed E-state index contributed by atoms with van der Waals surface area (Å²) in [5, 5.41) is 23.8. The maximum Gasteiger partial charge on any atom is 0.397 e. The Kier molecular flexibility index (Phi) is 30.0. The van der Waals surface area contributed by atoms with Crippen LogP contribution in [0.3, 0.4) is 0 Å². The zero-order valence-corrected chi connectivity index (χ0v) is 40.7. The predicted molar refractivity (Wildman–Crippen MR) is 257 cm³/mol. The van der Waals surface area contributed by atoms with Gasteiger partial charge in [0.15, 0.2) is 18.5 Å². The van der Waals surface area contributed by atoms with Gasteiger partial charge >= 0.3 is 22.3 Å². The molecule has 1 fully saturated rings. The molecule has 4 N–H and O–H groups in total. The van der Waals surface area contributed by atoms with Crippen LogP contribution in [0, 0.1) is 0 Å². The molecule has 66 heavy (non-hydrogen) atoms. The SMILES string of the molecule is CCCCCCCCCCCCCCC(OC(=O)CCCCCCCCc1ccccc1)C(=O)N[C@H]1C(O)O[C@H](CO)[C@@H](OS(=O)(=O)O)[C@@H]1OC(=O)CCCCCCCCc1ccccc1. The van der Waals surface area contributed by atoms with E-state index in [2.05, 4.69) is 36.5 Å². The van der Waals surface area contributed by atoms with E-state index >= 15 is 0 Å². The zero-order chi connectivity index (χ0) is 47.7. The lowest BCUT2D eigenvalue weighted by molar-refractivity contribution is -0.254. The minimum Gasteiger partial charge on any atom is -0.457 e. The Balaban J connectivity index is 1.58. The predicted octanol–water partition coefficient (Wildman–Crippen LogP) is 10.2. The molecule has 1 heterocycles. The highest BCUT2D eigenvalue weighted by molar-refractivity contribution is 7.80. The van der Waals surface area contributed by atoms with Crippen LogP contribution < -0.4 is 5.32 Å². The fourth-order valence-corrected chi connectivity index (χ4v) is 9.13. The zero-order valence-electron chi connectivity index (χ0n) is 39.9. The van der Waals surface area contributed by atoms with Crippen molar-refractivity contribution in [1.29, 1.82) is 0 Å². The second-order valence-corrected chi connectivity index (χ2v) is 19.1. The molecular weight excluding hydrogens is 863 g/mol. The van der Waals surface area contributed by atoms with E-state index in [4.69, 9.17) is 18.4 Å². The molecule has 2 aromatic carbocycles. The van der Waals surface area contributed by atoms with E-state index in [0.29, 0.717) is 19.3 Å². The summed E-state index contributed by atoms with van der Waals surface area (Å²) in [4.78, 5) is 40.5. The average molecular weight is 946 g/mol. The van der Waals surface area contributed by atoms with E-state index < -0.39 is 71.6 Å². The summed E-state index contributed by atoms with van der Waals surface area (Å²) in [6, 6.07) is 19.1. The van der Waals surface area contributed by atoms with E-state index in [1.54, 1.807) is 0 Å². The first-order chi connectivity index (χ1) is 32.0. The maximum atomic E-state index is 14.0. The molecule has 0 saturated carbocycles. The molecule has 374 valence electrons. The standard InChI is InChI=1S/C52H83NO12S/c1-2-3-4-5-6-7-8-9-10-11-18-29-38-44(62-46(55)39-30-19-14-12-16-23-32-42-34-25-21-26-35-42)51(57)53-48-50(49(65-66(59,60)61)45(41-54)63-52(48)58)64-47(56)40-31-20-15-13-17-24-33-43-36-27-22-28-37-43/h21-22,25-28,34-37,44-45,48-50,52,54,58H,2-20,23-24,29-33,38-41H2,1H3,(H,53,57)(H,59,60,61)/t44?,45-,48-,49-,50-,52?/m1/s1. The summed E-state index contributed by atoms with van der Waals surface area (Å²) in [7, 11) is -5.19. The van der Waals surface area contributed by atoms with Crippen molar-refractivity contribution < 1.29 is 56.0 Å². The van der Waals surface area contributed by atoms with Gasteiger partial charge in [0.05, 0.1) is 6.61 Å². The van der Waals surface area contributed by atoms with Crippen molar-refractivity contribution in [2.45, 2.75) is 230 Å². The number of hydrogen-bond donors (Lipinski definition) is 4. The van der Waals surface area contributed by atoms with E-state index in [0.717, 1.165) is 103 Å². The van der Waals surface area contributed by atoms with E-state index in [9.17, 15) is 37.6 Å². The third-order valence-electron chi connectivity index (χ3n) is 12.4. The molecule has 2 unspecified atom stereocenters. The lowest BCUT2D eigenvalue weighted by Crippen LogP contribution is -2.67. The molecule has 1 aliphatic rings. The van der Waals surface area contributed by atoms with Crippen molar-refractivity contribution in [2.75, 3.05) is 6.61 Å². The molecule has 0 radical (unpaired) electrons. The third kappa shape index (κ3) is 25.7. The van der Waals surface area contributed by atoms with Crippen LogP contribution in [0.15, 0.2) is 60.7 Å². The molecule has 6 atom stereocenters. The molecule has 0 bridgehead atoms. The maximum absolute atomic E-state index is 14.0. The number of benzene rings is 2. The summed E-state index contributed by atoms with van der Waals surface area (Å²) in [6.45, 7) is 1.35. The van der Waals surface area contributed by atoms with Crippen LogP contribution in [0.25, 0.3) is 0 Å². The largest absolute Gasteiger partial charge is 0.457 e. The lowest BCUT2D eigenvalue weighted by Gasteiger charge is -2.43. The quantitative estimate of drug-likeness (QED) is 0.0283. The molecule has 14 heteroatoms. The second kappa shape index (κ2) is 34.8. The van der Waals surface area contributed by atoms with E-state index in [1.807, 2.05) is 36.4 Å². The van der Waals surface area contributed by atoms with Gasteiger partial charge in [-0.3, -0.25) is 18.9 Å². The Labute approximate surface area is 396 Å². The number of amides is 1. The number of ether oxygens (including phenoxy) is 3. The summed E-state index contributed by atoms with van der Waals surface area (Å²) in [6.07, 6.45) is 18.3.